The van der Waals surface area contributed by atoms with Crippen LogP contribution in [0.25, 0.3) is 0 Å². The molecule has 4 heteroatoms. The Morgan fingerprint density at radius 1 is 1.22 bits per heavy atom. The van der Waals surface area contributed by atoms with E-state index in [4.69, 9.17) is 14.2 Å². The molecule has 2 heterocycles. The predicted octanol–water partition coefficient (Wildman–Crippen LogP) is 3.63. The van der Waals surface area contributed by atoms with Crippen molar-refractivity contribution in [1.82, 2.24) is 0 Å². The van der Waals surface area contributed by atoms with Crippen LogP contribution in [0.4, 0.5) is 0 Å². The van der Waals surface area contributed by atoms with Gasteiger partial charge in [-0.05, 0) is 52.0 Å². The van der Waals surface area contributed by atoms with Crippen LogP contribution in [0.5, 0.6) is 0 Å². The number of hydrogen-bond acceptors (Lipinski definition) is 4. The van der Waals surface area contributed by atoms with Gasteiger partial charge in [0, 0.05) is 5.57 Å². The van der Waals surface area contributed by atoms with Crippen LogP contribution in [0.1, 0.15) is 46.0 Å². The first kappa shape index (κ1) is 18.2. The van der Waals surface area contributed by atoms with E-state index in [1.165, 1.54) is 0 Å². The fraction of sp³-hybridized carbons (Fsp3) is 0.632. The second-order valence-electron chi connectivity index (χ2n) is 6.44. The minimum absolute atomic E-state index is 0.302. The molecular formula is C19H28O4. The zero-order chi connectivity index (χ0) is 16.9. The number of unbranched alkanes of at least 4 members (excludes halogenated alkanes) is 2. The number of ether oxygens (including phenoxy) is 3. The number of hydrogen-bond donors (Lipinski definition) is 1. The number of aliphatic hydroxyl groups is 1. The molecule has 0 aliphatic carbocycles. The standard InChI is InChI=1S/C19H28O4/c1-5-7-9-10-11-12-14-16(15(20)13-8-6-2)21-18-17(14)22-19(3,4)23-18/h5-6,11,15-18,20H,1-2,7-10,13H2,3-4H3/t12?,15-,16-,17+,18+/m0/s1. The third-order valence-electron chi connectivity index (χ3n) is 3.99. The van der Waals surface area contributed by atoms with E-state index in [2.05, 4.69) is 18.9 Å². The van der Waals surface area contributed by atoms with Crippen molar-refractivity contribution < 1.29 is 19.3 Å². The summed E-state index contributed by atoms with van der Waals surface area (Å²) in [6.07, 6.45) is 8.13. The summed E-state index contributed by atoms with van der Waals surface area (Å²) in [7, 11) is 0. The third-order valence-corrected chi connectivity index (χ3v) is 3.99. The van der Waals surface area contributed by atoms with Gasteiger partial charge in [-0.2, -0.15) is 0 Å². The molecule has 0 saturated carbocycles. The maximum atomic E-state index is 10.4. The lowest BCUT2D eigenvalue weighted by atomic mass is 9.99. The number of allylic oxidation sites excluding steroid dienone is 2. The fourth-order valence-corrected chi connectivity index (χ4v) is 2.88. The summed E-state index contributed by atoms with van der Waals surface area (Å²) >= 11 is 0. The van der Waals surface area contributed by atoms with Gasteiger partial charge in [0.15, 0.2) is 12.1 Å². The Balaban J connectivity index is 2.13. The lowest BCUT2D eigenvalue weighted by molar-refractivity contribution is -0.208. The molecule has 4 atom stereocenters. The monoisotopic (exact) mass is 320 g/mol. The smallest absolute Gasteiger partial charge is 0.192 e. The maximum Gasteiger partial charge on any atom is 0.192 e. The summed E-state index contributed by atoms with van der Waals surface area (Å²) in [5.74, 6) is -0.678. The van der Waals surface area contributed by atoms with Crippen LogP contribution in [-0.2, 0) is 14.2 Å². The van der Waals surface area contributed by atoms with Gasteiger partial charge in [-0.15, -0.1) is 18.9 Å². The Bertz CT molecular complexity index is 488. The van der Waals surface area contributed by atoms with Crippen molar-refractivity contribution in [3.8, 4) is 0 Å². The Hall–Kier alpha value is -1.16. The maximum absolute atomic E-state index is 10.4. The topological polar surface area (TPSA) is 47.9 Å². The summed E-state index contributed by atoms with van der Waals surface area (Å²) in [5, 5.41) is 10.4. The first-order valence-corrected chi connectivity index (χ1v) is 8.34. The normalized spacial score (nSPS) is 29.7. The molecule has 0 aromatic heterocycles. The summed E-state index contributed by atoms with van der Waals surface area (Å²) in [5.41, 5.74) is 4.14. The fourth-order valence-electron chi connectivity index (χ4n) is 2.88. The molecule has 0 unspecified atom stereocenters. The van der Waals surface area contributed by atoms with E-state index in [0.717, 1.165) is 31.3 Å². The second-order valence-corrected chi connectivity index (χ2v) is 6.44. The molecule has 1 N–H and O–H groups in total. The molecule has 128 valence electrons. The van der Waals surface area contributed by atoms with Gasteiger partial charge in [0.05, 0.1) is 6.10 Å². The van der Waals surface area contributed by atoms with E-state index in [-0.39, 0.29) is 6.10 Å². The molecule has 2 rings (SSSR count). The highest BCUT2D eigenvalue weighted by atomic mass is 16.8. The van der Waals surface area contributed by atoms with E-state index in [0.29, 0.717) is 6.42 Å². The van der Waals surface area contributed by atoms with Gasteiger partial charge in [0.25, 0.3) is 0 Å². The van der Waals surface area contributed by atoms with Gasteiger partial charge in [-0.3, -0.25) is 0 Å². The molecule has 0 aromatic rings. The molecule has 0 bridgehead atoms. The van der Waals surface area contributed by atoms with E-state index in [9.17, 15) is 5.11 Å². The zero-order valence-electron chi connectivity index (χ0n) is 14.2. The van der Waals surface area contributed by atoms with Gasteiger partial charge >= 0.3 is 0 Å². The number of rotatable bonds is 8. The van der Waals surface area contributed by atoms with Crippen molar-refractivity contribution in [1.29, 1.82) is 0 Å². The molecule has 0 spiro atoms. The largest absolute Gasteiger partial charge is 0.390 e. The highest BCUT2D eigenvalue weighted by Gasteiger charge is 2.53. The van der Waals surface area contributed by atoms with E-state index >= 15 is 0 Å². The second kappa shape index (κ2) is 8.09. The van der Waals surface area contributed by atoms with Gasteiger partial charge < -0.3 is 19.3 Å². The molecule has 2 aliphatic heterocycles. The Labute approximate surface area is 139 Å². The minimum Gasteiger partial charge on any atom is -0.390 e. The molecule has 4 nitrogen and oxygen atoms in total. The zero-order valence-corrected chi connectivity index (χ0v) is 14.2. The summed E-state index contributed by atoms with van der Waals surface area (Å²) in [6, 6.07) is 0. The van der Waals surface area contributed by atoms with Gasteiger partial charge in [0.1, 0.15) is 12.2 Å². The first-order valence-electron chi connectivity index (χ1n) is 8.34. The van der Waals surface area contributed by atoms with Crippen LogP contribution in [0.3, 0.4) is 0 Å². The highest BCUT2D eigenvalue weighted by Crippen LogP contribution is 2.41. The van der Waals surface area contributed by atoms with Gasteiger partial charge in [-0.25, -0.2) is 0 Å². The molecule has 0 amide bonds. The highest BCUT2D eigenvalue weighted by molar-refractivity contribution is 5.22. The van der Waals surface area contributed by atoms with Crippen LogP contribution >= 0.6 is 0 Å². The van der Waals surface area contributed by atoms with Gasteiger partial charge in [-0.1, -0.05) is 12.2 Å². The van der Waals surface area contributed by atoms with Crippen molar-refractivity contribution in [2.75, 3.05) is 0 Å². The lowest BCUT2D eigenvalue weighted by Gasteiger charge is -2.23. The van der Waals surface area contributed by atoms with E-state index < -0.39 is 24.3 Å². The molecule has 2 aliphatic rings. The van der Waals surface area contributed by atoms with Gasteiger partial charge in [0.2, 0.25) is 0 Å². The van der Waals surface area contributed by atoms with Crippen LogP contribution in [-0.4, -0.2) is 35.5 Å². The molecular weight excluding hydrogens is 292 g/mol. The van der Waals surface area contributed by atoms with Crippen molar-refractivity contribution in [2.45, 2.75) is 76.3 Å². The average Bonchev–Trinajstić information content (AvgIpc) is 2.97. The van der Waals surface area contributed by atoms with Crippen LogP contribution < -0.4 is 0 Å². The first-order chi connectivity index (χ1) is 11.0. The lowest BCUT2D eigenvalue weighted by Crippen LogP contribution is -2.31. The quantitative estimate of drug-likeness (QED) is 0.421. The van der Waals surface area contributed by atoms with Crippen molar-refractivity contribution in [3.63, 3.8) is 0 Å². The number of fused-ring (bicyclic) bond motifs is 1. The molecule has 23 heavy (non-hydrogen) atoms. The minimum atomic E-state index is -0.678. The summed E-state index contributed by atoms with van der Waals surface area (Å²) in [6.45, 7) is 11.1. The Morgan fingerprint density at radius 3 is 2.65 bits per heavy atom. The Kier molecular flexibility index (Phi) is 6.40. The van der Waals surface area contributed by atoms with E-state index in [1.54, 1.807) is 6.08 Å². The summed E-state index contributed by atoms with van der Waals surface area (Å²) in [4.78, 5) is 0. The molecule has 0 aromatic carbocycles. The molecule has 0 radical (unpaired) electrons. The predicted molar refractivity (Wildman–Crippen MR) is 89.8 cm³/mol. The third kappa shape index (κ3) is 4.66. The van der Waals surface area contributed by atoms with Crippen molar-refractivity contribution in [3.05, 3.63) is 42.7 Å². The average molecular weight is 320 g/mol. The van der Waals surface area contributed by atoms with Crippen LogP contribution in [0.2, 0.25) is 0 Å². The molecule has 2 saturated heterocycles. The van der Waals surface area contributed by atoms with Crippen molar-refractivity contribution in [2.24, 2.45) is 0 Å². The van der Waals surface area contributed by atoms with Crippen LogP contribution in [0.15, 0.2) is 42.7 Å². The Morgan fingerprint density at radius 2 is 1.96 bits per heavy atom. The molecule has 2 fully saturated rings. The summed E-state index contributed by atoms with van der Waals surface area (Å²) < 4.78 is 17.6. The van der Waals surface area contributed by atoms with Crippen LogP contribution in [0, 0.1) is 0 Å². The van der Waals surface area contributed by atoms with Crippen molar-refractivity contribution >= 4 is 0 Å². The number of aliphatic hydroxyl groups excluding tert-OH is 1. The van der Waals surface area contributed by atoms with E-state index in [1.807, 2.05) is 26.0 Å². The SMILES string of the molecule is C=CCCCC=C=C1[C@H]2OC(C)(C)O[C@H]2O[C@@H]1[C@@H](O)CCC=C.